The number of hydrogen-bond donors (Lipinski definition) is 2. The third-order valence-corrected chi connectivity index (χ3v) is 5.35. The number of aromatic amines is 1. The Balaban J connectivity index is 1.78. The van der Waals surface area contributed by atoms with Crippen LogP contribution >= 0.6 is 0 Å². The second kappa shape index (κ2) is 7.65. The molecule has 0 saturated carbocycles. The van der Waals surface area contributed by atoms with Gasteiger partial charge < -0.3 is 19.8 Å². The van der Waals surface area contributed by atoms with Gasteiger partial charge in [-0.05, 0) is 73.7 Å². The van der Waals surface area contributed by atoms with E-state index < -0.39 is 0 Å². The summed E-state index contributed by atoms with van der Waals surface area (Å²) in [5.74, 6) is 1.89. The van der Waals surface area contributed by atoms with Crippen molar-refractivity contribution in [1.82, 2.24) is 10.3 Å². The number of nitrogens with one attached hydrogen (secondary N) is 2. The van der Waals surface area contributed by atoms with Crippen LogP contribution in [0.15, 0.2) is 36.4 Å². The van der Waals surface area contributed by atoms with Crippen LogP contribution in [0, 0.1) is 0 Å². The first-order valence-electron chi connectivity index (χ1n) is 10.0. The molecule has 3 aromatic rings. The van der Waals surface area contributed by atoms with Crippen LogP contribution in [-0.2, 0) is 12.8 Å². The number of hydrogen-bond acceptors (Lipinski definition) is 3. The number of aryl methyl sites for hydroxylation is 1. The lowest BCUT2D eigenvalue weighted by molar-refractivity contribution is 0.339. The third-order valence-electron chi connectivity index (χ3n) is 5.35. The Morgan fingerprint density at radius 1 is 0.963 bits per heavy atom. The standard InChI is InChI=1S/C23H28N2O2/c1-4-15-13-16(26-5-2)7-9-18(15)22-23-19(11-12-24-22)20-14-17(27-6-3)8-10-21(20)25-23/h7-10,13-14,22,24-25H,4-6,11-12H2,1-3H3. The third kappa shape index (κ3) is 3.30. The molecule has 1 aliphatic rings. The summed E-state index contributed by atoms with van der Waals surface area (Å²) in [6.07, 6.45) is 2.01. The lowest BCUT2D eigenvalue weighted by Gasteiger charge is -2.27. The Morgan fingerprint density at radius 2 is 1.70 bits per heavy atom. The topological polar surface area (TPSA) is 46.3 Å². The molecule has 0 aliphatic carbocycles. The molecular weight excluding hydrogens is 336 g/mol. The molecule has 2 aromatic carbocycles. The average Bonchev–Trinajstić information content (AvgIpc) is 3.07. The van der Waals surface area contributed by atoms with Crippen molar-refractivity contribution in [1.29, 1.82) is 0 Å². The number of aromatic nitrogens is 1. The zero-order valence-corrected chi connectivity index (χ0v) is 16.4. The molecule has 0 saturated heterocycles. The molecule has 1 unspecified atom stereocenters. The van der Waals surface area contributed by atoms with Crippen molar-refractivity contribution in [2.45, 2.75) is 39.7 Å². The molecule has 4 nitrogen and oxygen atoms in total. The van der Waals surface area contributed by atoms with E-state index >= 15 is 0 Å². The predicted molar refractivity (Wildman–Crippen MR) is 110 cm³/mol. The van der Waals surface area contributed by atoms with E-state index in [1.165, 1.54) is 33.3 Å². The molecule has 0 amide bonds. The second-order valence-corrected chi connectivity index (χ2v) is 6.94. The maximum Gasteiger partial charge on any atom is 0.120 e. The summed E-state index contributed by atoms with van der Waals surface area (Å²) in [5, 5.41) is 5.00. The molecule has 0 radical (unpaired) electrons. The highest BCUT2D eigenvalue weighted by molar-refractivity contribution is 5.86. The van der Waals surface area contributed by atoms with Gasteiger partial charge in [0.15, 0.2) is 0 Å². The van der Waals surface area contributed by atoms with Crippen molar-refractivity contribution >= 4 is 10.9 Å². The van der Waals surface area contributed by atoms with Crippen LogP contribution in [0.25, 0.3) is 10.9 Å². The average molecular weight is 364 g/mol. The number of rotatable bonds is 6. The van der Waals surface area contributed by atoms with Crippen LogP contribution in [0.5, 0.6) is 11.5 Å². The van der Waals surface area contributed by atoms with Crippen LogP contribution in [-0.4, -0.2) is 24.7 Å². The van der Waals surface area contributed by atoms with Gasteiger partial charge in [0.25, 0.3) is 0 Å². The van der Waals surface area contributed by atoms with E-state index in [9.17, 15) is 0 Å². The van der Waals surface area contributed by atoms with E-state index in [1.54, 1.807) is 0 Å². The van der Waals surface area contributed by atoms with Crippen molar-refractivity contribution in [3.8, 4) is 11.5 Å². The molecule has 142 valence electrons. The predicted octanol–water partition coefficient (Wildman–Crippen LogP) is 4.76. The summed E-state index contributed by atoms with van der Waals surface area (Å²) in [5.41, 5.74) is 6.54. The Labute approximate surface area is 160 Å². The zero-order valence-electron chi connectivity index (χ0n) is 16.4. The summed E-state index contributed by atoms with van der Waals surface area (Å²) in [7, 11) is 0. The first-order valence-corrected chi connectivity index (χ1v) is 10.0. The summed E-state index contributed by atoms with van der Waals surface area (Å²) >= 11 is 0. The van der Waals surface area contributed by atoms with Gasteiger partial charge in [0, 0.05) is 23.1 Å². The van der Waals surface area contributed by atoms with E-state index in [4.69, 9.17) is 9.47 Å². The smallest absolute Gasteiger partial charge is 0.120 e. The van der Waals surface area contributed by atoms with Crippen molar-refractivity contribution in [3.05, 3.63) is 58.8 Å². The highest BCUT2D eigenvalue weighted by atomic mass is 16.5. The van der Waals surface area contributed by atoms with E-state index in [0.717, 1.165) is 30.9 Å². The molecule has 4 heteroatoms. The van der Waals surface area contributed by atoms with Crippen molar-refractivity contribution < 1.29 is 9.47 Å². The van der Waals surface area contributed by atoms with Gasteiger partial charge in [-0.2, -0.15) is 0 Å². The van der Waals surface area contributed by atoms with Crippen LogP contribution in [0.3, 0.4) is 0 Å². The fourth-order valence-corrected chi connectivity index (χ4v) is 4.16. The molecule has 0 fully saturated rings. The van der Waals surface area contributed by atoms with Gasteiger partial charge in [0.2, 0.25) is 0 Å². The van der Waals surface area contributed by atoms with E-state index in [2.05, 4.69) is 47.6 Å². The molecule has 0 bridgehead atoms. The van der Waals surface area contributed by atoms with Gasteiger partial charge in [-0.1, -0.05) is 13.0 Å². The zero-order chi connectivity index (χ0) is 18.8. The molecule has 0 spiro atoms. The first kappa shape index (κ1) is 17.9. The quantitative estimate of drug-likeness (QED) is 0.663. The first-order chi connectivity index (χ1) is 13.2. The summed E-state index contributed by atoms with van der Waals surface area (Å²) in [6, 6.07) is 13.0. The largest absolute Gasteiger partial charge is 0.494 e. The SMILES string of the molecule is CCOc1ccc(C2NCCc3c2[nH]c2ccc(OCC)cc32)c(CC)c1. The summed E-state index contributed by atoms with van der Waals surface area (Å²) in [6.45, 7) is 8.61. The van der Waals surface area contributed by atoms with Crippen LogP contribution < -0.4 is 14.8 Å². The van der Waals surface area contributed by atoms with Crippen LogP contribution in [0.1, 0.15) is 49.2 Å². The number of H-pyrrole nitrogens is 1. The van der Waals surface area contributed by atoms with Crippen LogP contribution in [0.4, 0.5) is 0 Å². The monoisotopic (exact) mass is 364 g/mol. The molecule has 1 atom stereocenters. The summed E-state index contributed by atoms with van der Waals surface area (Å²) < 4.78 is 11.4. The minimum Gasteiger partial charge on any atom is -0.494 e. The van der Waals surface area contributed by atoms with E-state index in [-0.39, 0.29) is 6.04 Å². The summed E-state index contributed by atoms with van der Waals surface area (Å²) in [4.78, 5) is 3.68. The van der Waals surface area contributed by atoms with Crippen molar-refractivity contribution in [2.75, 3.05) is 19.8 Å². The van der Waals surface area contributed by atoms with Crippen molar-refractivity contribution in [2.24, 2.45) is 0 Å². The molecule has 27 heavy (non-hydrogen) atoms. The maximum atomic E-state index is 5.72. The lowest BCUT2D eigenvalue weighted by Crippen LogP contribution is -2.31. The molecule has 1 aliphatic heterocycles. The highest BCUT2D eigenvalue weighted by Gasteiger charge is 2.27. The minimum atomic E-state index is 0.183. The minimum absolute atomic E-state index is 0.183. The molecule has 2 N–H and O–H groups in total. The van der Waals surface area contributed by atoms with Gasteiger partial charge >= 0.3 is 0 Å². The second-order valence-electron chi connectivity index (χ2n) is 6.94. The molecular formula is C23H28N2O2. The van der Waals surface area contributed by atoms with Gasteiger partial charge in [-0.3, -0.25) is 0 Å². The lowest BCUT2D eigenvalue weighted by atomic mass is 9.90. The highest BCUT2D eigenvalue weighted by Crippen LogP contribution is 2.37. The fraction of sp³-hybridized carbons (Fsp3) is 0.391. The van der Waals surface area contributed by atoms with Gasteiger partial charge in [0.1, 0.15) is 11.5 Å². The van der Waals surface area contributed by atoms with Crippen LogP contribution in [0.2, 0.25) is 0 Å². The Bertz CT molecular complexity index is 945. The molecule has 1 aromatic heterocycles. The maximum absolute atomic E-state index is 5.72. The van der Waals surface area contributed by atoms with Gasteiger partial charge in [0.05, 0.1) is 19.3 Å². The number of ether oxygens (including phenoxy) is 2. The van der Waals surface area contributed by atoms with E-state index in [0.29, 0.717) is 13.2 Å². The number of benzene rings is 2. The Kier molecular flexibility index (Phi) is 5.08. The van der Waals surface area contributed by atoms with E-state index in [1.807, 2.05) is 19.9 Å². The fourth-order valence-electron chi connectivity index (χ4n) is 4.16. The van der Waals surface area contributed by atoms with Gasteiger partial charge in [-0.15, -0.1) is 0 Å². The number of fused-ring (bicyclic) bond motifs is 3. The normalized spacial score (nSPS) is 16.3. The Morgan fingerprint density at radius 3 is 2.44 bits per heavy atom. The molecule has 2 heterocycles. The van der Waals surface area contributed by atoms with Gasteiger partial charge in [-0.25, -0.2) is 0 Å². The molecule has 4 rings (SSSR count). The van der Waals surface area contributed by atoms with Crippen molar-refractivity contribution in [3.63, 3.8) is 0 Å². The Hall–Kier alpha value is -2.46.